The molecule has 0 radical (unpaired) electrons. The second-order valence-electron chi connectivity index (χ2n) is 20.0. The van der Waals surface area contributed by atoms with E-state index in [1.807, 2.05) is 63.8 Å². The summed E-state index contributed by atoms with van der Waals surface area (Å²) in [6.45, 7) is 11.8. The second-order valence-corrected chi connectivity index (χ2v) is 23.1. The third-order valence-electron chi connectivity index (χ3n) is 13.8. The highest BCUT2D eigenvalue weighted by Crippen LogP contribution is 2.41. The van der Waals surface area contributed by atoms with Gasteiger partial charge in [-0.05, 0) is 143 Å². The second kappa shape index (κ2) is 22.0. The number of hydrogen-bond donors (Lipinski definition) is 1. The average Bonchev–Trinajstić information content (AvgIpc) is 4.14. The first kappa shape index (κ1) is 54.7. The summed E-state index contributed by atoms with van der Waals surface area (Å²) < 4.78 is 143. The van der Waals surface area contributed by atoms with Crippen LogP contribution in [0, 0.1) is 25.2 Å². The van der Waals surface area contributed by atoms with Crippen molar-refractivity contribution < 1.29 is 75.7 Å². The van der Waals surface area contributed by atoms with Gasteiger partial charge in [0.15, 0.2) is 0 Å². The van der Waals surface area contributed by atoms with Crippen LogP contribution in [0.4, 0.5) is 31.1 Å². The van der Waals surface area contributed by atoms with E-state index in [9.17, 15) is 57.9 Å². The molecule has 1 N–H and O–H groups in total. The lowest BCUT2D eigenvalue weighted by atomic mass is 9.75. The minimum absolute atomic E-state index is 0.0233. The number of carbonyl (C=O) groups excluding carboxylic acids is 1. The van der Waals surface area contributed by atoms with Gasteiger partial charge in [-0.15, -0.1) is 0 Å². The van der Waals surface area contributed by atoms with Gasteiger partial charge >= 0.3 is 37.3 Å². The third kappa shape index (κ3) is 13.8. The van der Waals surface area contributed by atoms with Gasteiger partial charge < -0.3 is 32.7 Å². The number of ether oxygens (including phenoxy) is 2. The molecule has 21 heteroatoms. The predicted molar refractivity (Wildman–Crippen MR) is 248 cm³/mol. The van der Waals surface area contributed by atoms with Crippen molar-refractivity contribution in [2.45, 2.75) is 153 Å². The Balaban J connectivity index is 0.000000230. The van der Waals surface area contributed by atoms with Gasteiger partial charge in [0.05, 0.1) is 0 Å². The fraction of sp³-hybridized carbons (Fsp3) is 0.633. The highest BCUT2D eigenvalue weighted by atomic mass is 32.2. The fourth-order valence-corrected chi connectivity index (χ4v) is 10.7. The lowest BCUT2D eigenvalue weighted by Crippen LogP contribution is -2.51. The monoisotopic (exact) mass is 1030 g/mol. The molecule has 70 heavy (non-hydrogen) atoms. The Labute approximate surface area is 406 Å². The summed E-state index contributed by atoms with van der Waals surface area (Å²) in [5.41, 5.74) is -6.31. The van der Waals surface area contributed by atoms with E-state index in [4.69, 9.17) is 9.47 Å². The van der Waals surface area contributed by atoms with Crippen LogP contribution in [-0.2, 0) is 33.4 Å². The average molecular weight is 1040 g/mol. The van der Waals surface area contributed by atoms with E-state index in [1.54, 1.807) is 6.07 Å². The number of halogens is 6. The van der Waals surface area contributed by atoms with Crippen LogP contribution in [0.5, 0.6) is 11.5 Å². The fourth-order valence-electron chi connectivity index (χ4n) is 9.59. The Morgan fingerprint density at radius 3 is 1.47 bits per heavy atom. The number of piperidine rings is 2. The summed E-state index contributed by atoms with van der Waals surface area (Å²) >= 11 is 0. The van der Waals surface area contributed by atoms with E-state index in [0.717, 1.165) is 61.9 Å². The number of rotatable bonds is 13. The third-order valence-corrected chi connectivity index (χ3v) is 15.7. The van der Waals surface area contributed by atoms with Crippen LogP contribution in [0.2, 0.25) is 0 Å². The maximum atomic E-state index is 12.8. The molecule has 2 saturated heterocycles. The zero-order valence-electron chi connectivity index (χ0n) is 40.2. The van der Waals surface area contributed by atoms with Gasteiger partial charge in [0.2, 0.25) is 5.91 Å². The topological polar surface area (TPSA) is 166 Å². The van der Waals surface area contributed by atoms with Crippen molar-refractivity contribution >= 4 is 32.2 Å². The zero-order chi connectivity index (χ0) is 51.4. The minimum Gasteiger partial charge on any atom is -0.489 e. The Morgan fingerprint density at radius 1 is 0.643 bits per heavy atom. The Morgan fingerprint density at radius 2 is 1.07 bits per heavy atom. The number of hydrogen-bond acceptors (Lipinski definition) is 10. The van der Waals surface area contributed by atoms with Gasteiger partial charge in [-0.25, -0.2) is 4.79 Å². The molecule has 2 aromatic carbocycles. The summed E-state index contributed by atoms with van der Waals surface area (Å²) in [7, 11) is -11.4. The number of allylic oxidation sites excluding steroid dienone is 2. The van der Waals surface area contributed by atoms with Crippen molar-refractivity contribution in [2.24, 2.45) is 11.3 Å². The minimum atomic E-state index is -5.72. The van der Waals surface area contributed by atoms with Gasteiger partial charge in [0.25, 0.3) is 0 Å². The van der Waals surface area contributed by atoms with Crippen molar-refractivity contribution in [3.8, 4) is 11.5 Å². The van der Waals surface area contributed by atoms with Crippen LogP contribution in [0.15, 0.2) is 59.1 Å². The molecule has 0 aromatic heterocycles. The molecule has 13 nitrogen and oxygen atoms in total. The molecule has 2 atom stereocenters. The molecule has 2 aromatic rings. The van der Waals surface area contributed by atoms with E-state index < -0.39 is 37.3 Å². The summed E-state index contributed by atoms with van der Waals surface area (Å²) in [5.74, 6) is 1.88. The van der Waals surface area contributed by atoms with Gasteiger partial charge in [-0.1, -0.05) is 45.0 Å². The zero-order valence-corrected chi connectivity index (χ0v) is 41.8. The van der Waals surface area contributed by atoms with Crippen LogP contribution in [0.25, 0.3) is 0 Å². The number of alkyl halides is 6. The molecule has 3 fully saturated rings. The van der Waals surface area contributed by atoms with E-state index in [0.29, 0.717) is 86.0 Å². The maximum Gasteiger partial charge on any atom is 0.534 e. The standard InChI is InChI=1S/C25H34F3NO6S.C24H30F3NO5S/c1-16-13-17(18-11-12-29(23(30)31)22(14-18)24(2,3)4)9-10-20(16)34-15-19-7-5-6-8-21(19)35-36(32,33)25(26,27)28;1-16-14-19(17-10-12-28(13-11-17)23(29)18-6-7-18)8-9-21(16)32-15-20-4-2-3-5-22(20)33-34(30,31)24(25,26)27/h9-10,13,18,22H,5-8,11-12,14-15H2,1-4H3,(H,30,31);8-9,14,17-18H,2-7,10-13,15H2,1H3. The normalized spacial score (nSPS) is 21.2. The van der Waals surface area contributed by atoms with Crippen molar-refractivity contribution in [1.82, 2.24) is 9.80 Å². The molecule has 3 aliphatic carbocycles. The number of carbonyl (C=O) groups is 2. The molecule has 0 bridgehead atoms. The van der Waals surface area contributed by atoms with E-state index in [2.05, 4.69) is 14.4 Å². The number of nitrogens with zero attached hydrogens (tertiary/aromatic N) is 2. The van der Waals surface area contributed by atoms with E-state index in [1.165, 1.54) is 10.5 Å². The molecule has 2 aliphatic heterocycles. The van der Waals surface area contributed by atoms with Crippen molar-refractivity contribution in [1.29, 1.82) is 0 Å². The number of benzene rings is 2. The SMILES string of the molecule is Cc1cc(C2CCN(C(=O)C3CC3)CC2)ccc1OCC1=C(OS(=O)(=O)C(F)(F)F)CCCC1.Cc1cc(C2CCN(C(=O)O)C(C(C)(C)C)C2)ccc1OCC1=C(OS(=O)(=O)C(F)(F)F)CCCC1. The lowest BCUT2D eigenvalue weighted by Gasteiger charge is -2.44. The first-order valence-electron chi connectivity index (χ1n) is 23.8. The summed E-state index contributed by atoms with van der Waals surface area (Å²) in [4.78, 5) is 27.5. The number of aryl methyl sites for hydroxylation is 2. The van der Waals surface area contributed by atoms with Crippen molar-refractivity contribution in [2.75, 3.05) is 32.8 Å². The first-order valence-corrected chi connectivity index (χ1v) is 26.6. The van der Waals surface area contributed by atoms with Gasteiger partial charge in [0, 0.05) is 55.6 Å². The van der Waals surface area contributed by atoms with Gasteiger partial charge in [-0.3, -0.25) is 4.79 Å². The summed E-state index contributed by atoms with van der Waals surface area (Å²) in [5, 5.41) is 9.60. The highest BCUT2D eigenvalue weighted by Gasteiger charge is 2.50. The quantitative estimate of drug-likeness (QED) is 0.115. The Bertz CT molecular complexity index is 2510. The molecular formula is C49H64F6N2O11S2. The summed E-state index contributed by atoms with van der Waals surface area (Å²) in [6.07, 6.45) is 7.98. The lowest BCUT2D eigenvalue weighted by molar-refractivity contribution is -0.133. The molecule has 1 saturated carbocycles. The first-order chi connectivity index (χ1) is 32.6. The molecule has 390 valence electrons. The van der Waals surface area contributed by atoms with E-state index >= 15 is 0 Å². The van der Waals surface area contributed by atoms with Crippen LogP contribution >= 0.6 is 0 Å². The number of amides is 2. The van der Waals surface area contributed by atoms with Gasteiger partial charge in [-0.2, -0.15) is 43.2 Å². The molecule has 7 rings (SSSR count). The smallest absolute Gasteiger partial charge is 0.489 e. The largest absolute Gasteiger partial charge is 0.534 e. The molecule has 2 unspecified atom stereocenters. The number of likely N-dealkylation sites (tertiary alicyclic amines) is 2. The highest BCUT2D eigenvalue weighted by molar-refractivity contribution is 7.88. The van der Waals surface area contributed by atoms with Crippen LogP contribution in [-0.4, -0.2) is 93.6 Å². The van der Waals surface area contributed by atoms with Gasteiger partial charge in [0.1, 0.15) is 36.2 Å². The molecular weight excluding hydrogens is 971 g/mol. The van der Waals surface area contributed by atoms with E-state index in [-0.39, 0.29) is 60.9 Å². The van der Waals surface area contributed by atoms with Crippen LogP contribution in [0.1, 0.15) is 145 Å². The van der Waals surface area contributed by atoms with Crippen LogP contribution < -0.4 is 9.47 Å². The molecule has 2 heterocycles. The number of carboxylic acid groups (broad SMARTS) is 1. The van der Waals surface area contributed by atoms with Crippen molar-refractivity contribution in [3.63, 3.8) is 0 Å². The molecule has 2 amide bonds. The Hall–Kier alpha value is -4.66. The molecule has 5 aliphatic rings. The summed E-state index contributed by atoms with van der Waals surface area (Å²) in [6, 6.07) is 11.5. The molecule has 0 spiro atoms. The maximum absolute atomic E-state index is 12.8. The Kier molecular flexibility index (Phi) is 17.2. The predicted octanol–water partition coefficient (Wildman–Crippen LogP) is 11.5. The van der Waals surface area contributed by atoms with Crippen molar-refractivity contribution in [3.05, 3.63) is 81.3 Å². The van der Waals surface area contributed by atoms with Crippen LogP contribution in [0.3, 0.4) is 0 Å².